The molecule has 6 heteroatoms. The number of Topliss-reactive ketones (excluding diaryl/α,β-unsaturated/α-hetero) is 1. The molecule has 3 nitrogen and oxygen atoms in total. The number of ether oxygens (including phenoxy) is 1. The van der Waals surface area contributed by atoms with Gasteiger partial charge in [-0.1, -0.05) is 0 Å². The molecule has 26 heavy (non-hydrogen) atoms. The highest BCUT2D eigenvalue weighted by Gasteiger charge is 2.35. The molecule has 0 N–H and O–H groups in total. The lowest BCUT2D eigenvalue weighted by Crippen LogP contribution is -2.45. The van der Waals surface area contributed by atoms with Crippen LogP contribution in [0.25, 0.3) is 0 Å². The van der Waals surface area contributed by atoms with Crippen molar-refractivity contribution in [2.45, 2.75) is 51.7 Å². The lowest BCUT2D eigenvalue weighted by atomic mass is 9.86. The SMILES string of the molecule is Cc1cc(C(F)(F)F)cc(C)c1C(=O)C[C@@H]1COCC[C@H]1N1CCCC1. The summed E-state index contributed by atoms with van der Waals surface area (Å²) in [5.41, 5.74) is 0.539. The van der Waals surface area contributed by atoms with Crippen molar-refractivity contribution in [2.24, 2.45) is 5.92 Å². The van der Waals surface area contributed by atoms with Crippen LogP contribution in [0.1, 0.15) is 52.7 Å². The average Bonchev–Trinajstić information content (AvgIpc) is 3.08. The van der Waals surface area contributed by atoms with Gasteiger partial charge in [0.05, 0.1) is 12.2 Å². The van der Waals surface area contributed by atoms with Gasteiger partial charge in [0.2, 0.25) is 0 Å². The first-order valence-corrected chi connectivity index (χ1v) is 9.31. The molecule has 1 aromatic carbocycles. The molecule has 2 aliphatic rings. The van der Waals surface area contributed by atoms with Crippen LogP contribution >= 0.6 is 0 Å². The normalized spacial score (nSPS) is 24.8. The molecule has 2 fully saturated rings. The third-order valence-electron chi connectivity index (χ3n) is 5.63. The third kappa shape index (κ3) is 4.12. The van der Waals surface area contributed by atoms with Gasteiger partial charge in [0, 0.05) is 30.6 Å². The van der Waals surface area contributed by atoms with Crippen LogP contribution in [0.5, 0.6) is 0 Å². The van der Waals surface area contributed by atoms with Crippen LogP contribution < -0.4 is 0 Å². The number of ketones is 1. The zero-order valence-electron chi connectivity index (χ0n) is 15.4. The molecule has 144 valence electrons. The van der Waals surface area contributed by atoms with E-state index in [1.54, 1.807) is 13.8 Å². The summed E-state index contributed by atoms with van der Waals surface area (Å²) in [6.07, 6.45) is -0.767. The van der Waals surface area contributed by atoms with E-state index in [0.717, 1.165) is 31.6 Å². The van der Waals surface area contributed by atoms with Crippen molar-refractivity contribution in [3.05, 3.63) is 34.4 Å². The fourth-order valence-corrected chi connectivity index (χ4v) is 4.44. The number of likely N-dealkylation sites (tertiary alicyclic amines) is 1. The molecule has 0 spiro atoms. The molecular weight excluding hydrogens is 343 g/mol. The van der Waals surface area contributed by atoms with Crippen LogP contribution in [0.4, 0.5) is 13.2 Å². The Morgan fingerprint density at radius 2 is 1.81 bits per heavy atom. The number of hydrogen-bond donors (Lipinski definition) is 0. The van der Waals surface area contributed by atoms with Gasteiger partial charge in [-0.3, -0.25) is 9.69 Å². The van der Waals surface area contributed by atoms with E-state index in [0.29, 0.717) is 42.4 Å². The summed E-state index contributed by atoms with van der Waals surface area (Å²) in [7, 11) is 0. The number of rotatable bonds is 4. The van der Waals surface area contributed by atoms with Crippen LogP contribution in [0.2, 0.25) is 0 Å². The maximum Gasteiger partial charge on any atom is 0.416 e. The molecule has 0 radical (unpaired) electrons. The number of benzene rings is 1. The van der Waals surface area contributed by atoms with Crippen LogP contribution in [0.15, 0.2) is 12.1 Å². The largest absolute Gasteiger partial charge is 0.416 e. The van der Waals surface area contributed by atoms with Crippen molar-refractivity contribution in [1.82, 2.24) is 4.90 Å². The third-order valence-corrected chi connectivity index (χ3v) is 5.63. The Hall–Kier alpha value is -1.40. The molecule has 0 amide bonds. The lowest BCUT2D eigenvalue weighted by Gasteiger charge is -2.37. The molecule has 0 aromatic heterocycles. The Morgan fingerprint density at radius 1 is 1.19 bits per heavy atom. The molecule has 2 aliphatic heterocycles. The molecule has 2 atom stereocenters. The van der Waals surface area contributed by atoms with Gasteiger partial charge in [0.15, 0.2) is 5.78 Å². The summed E-state index contributed by atoms with van der Waals surface area (Å²) >= 11 is 0. The highest BCUT2D eigenvalue weighted by atomic mass is 19.4. The summed E-state index contributed by atoms with van der Waals surface area (Å²) < 4.78 is 44.5. The van der Waals surface area contributed by atoms with E-state index in [4.69, 9.17) is 4.74 Å². The fraction of sp³-hybridized carbons (Fsp3) is 0.650. The summed E-state index contributed by atoms with van der Waals surface area (Å²) in [6.45, 7) is 6.56. The molecule has 1 aromatic rings. The standard InChI is InChI=1S/C20H26F3NO2/c1-13-9-16(20(21,22)23)10-14(2)19(13)18(25)11-15-12-26-8-5-17(15)24-6-3-4-7-24/h9-10,15,17H,3-8,11-12H2,1-2H3/t15-,17-/m1/s1. The number of hydrogen-bond acceptors (Lipinski definition) is 3. The highest BCUT2D eigenvalue weighted by molar-refractivity contribution is 5.99. The molecule has 0 saturated carbocycles. The van der Waals surface area contributed by atoms with Crippen LogP contribution in [0, 0.1) is 19.8 Å². The number of alkyl halides is 3. The van der Waals surface area contributed by atoms with E-state index in [9.17, 15) is 18.0 Å². The Kier molecular flexibility index (Phi) is 5.72. The number of carbonyl (C=O) groups is 1. The Morgan fingerprint density at radius 3 is 2.38 bits per heavy atom. The Balaban J connectivity index is 1.78. The minimum Gasteiger partial charge on any atom is -0.381 e. The van der Waals surface area contributed by atoms with Crippen molar-refractivity contribution < 1.29 is 22.7 Å². The molecule has 0 unspecified atom stereocenters. The van der Waals surface area contributed by atoms with Crippen molar-refractivity contribution in [3.63, 3.8) is 0 Å². The second-order valence-corrected chi connectivity index (χ2v) is 7.54. The number of halogens is 3. The zero-order chi connectivity index (χ0) is 18.9. The Labute approximate surface area is 152 Å². The van der Waals surface area contributed by atoms with Gasteiger partial charge >= 0.3 is 6.18 Å². The van der Waals surface area contributed by atoms with Gasteiger partial charge in [0.25, 0.3) is 0 Å². The van der Waals surface area contributed by atoms with Crippen molar-refractivity contribution in [1.29, 1.82) is 0 Å². The highest BCUT2D eigenvalue weighted by Crippen LogP contribution is 2.33. The monoisotopic (exact) mass is 369 g/mol. The molecule has 2 heterocycles. The van der Waals surface area contributed by atoms with E-state index in [2.05, 4.69) is 4.90 Å². The minimum atomic E-state index is -4.39. The topological polar surface area (TPSA) is 29.5 Å². The van der Waals surface area contributed by atoms with Crippen LogP contribution in [0.3, 0.4) is 0 Å². The molecule has 0 aliphatic carbocycles. The second-order valence-electron chi connectivity index (χ2n) is 7.54. The maximum atomic E-state index is 13.0. The first-order valence-electron chi connectivity index (χ1n) is 9.31. The van der Waals surface area contributed by atoms with Gasteiger partial charge in [-0.05, 0) is 69.5 Å². The van der Waals surface area contributed by atoms with Gasteiger partial charge in [0.1, 0.15) is 0 Å². The second kappa shape index (κ2) is 7.69. The molecule has 3 rings (SSSR count). The zero-order valence-corrected chi connectivity index (χ0v) is 15.4. The van der Waals surface area contributed by atoms with Crippen molar-refractivity contribution in [3.8, 4) is 0 Å². The first-order chi connectivity index (χ1) is 12.3. The summed E-state index contributed by atoms with van der Waals surface area (Å²) in [4.78, 5) is 15.4. The van der Waals surface area contributed by atoms with Gasteiger partial charge < -0.3 is 4.74 Å². The van der Waals surface area contributed by atoms with Gasteiger partial charge in [-0.15, -0.1) is 0 Å². The van der Waals surface area contributed by atoms with E-state index < -0.39 is 11.7 Å². The van der Waals surface area contributed by atoms with Crippen molar-refractivity contribution in [2.75, 3.05) is 26.3 Å². The molecule has 0 bridgehead atoms. The quantitative estimate of drug-likeness (QED) is 0.737. The van der Waals surface area contributed by atoms with E-state index in [-0.39, 0.29) is 11.7 Å². The van der Waals surface area contributed by atoms with Gasteiger partial charge in [-0.25, -0.2) is 0 Å². The number of carbonyl (C=O) groups excluding carboxylic acids is 1. The fourth-order valence-electron chi connectivity index (χ4n) is 4.44. The van der Waals surface area contributed by atoms with E-state index >= 15 is 0 Å². The predicted molar refractivity (Wildman–Crippen MR) is 93.4 cm³/mol. The average molecular weight is 369 g/mol. The number of aryl methyl sites for hydroxylation is 2. The summed E-state index contributed by atoms with van der Waals surface area (Å²) in [5.74, 6) is 0.0314. The smallest absolute Gasteiger partial charge is 0.381 e. The summed E-state index contributed by atoms with van der Waals surface area (Å²) in [6, 6.07) is 2.50. The van der Waals surface area contributed by atoms with Gasteiger partial charge in [-0.2, -0.15) is 13.2 Å². The molecule has 2 saturated heterocycles. The predicted octanol–water partition coefficient (Wildman–Crippen LogP) is 4.40. The maximum absolute atomic E-state index is 13.0. The van der Waals surface area contributed by atoms with E-state index in [1.807, 2.05) is 0 Å². The van der Waals surface area contributed by atoms with Crippen LogP contribution in [-0.4, -0.2) is 43.0 Å². The first kappa shape index (κ1) is 19.4. The van der Waals surface area contributed by atoms with E-state index in [1.165, 1.54) is 12.8 Å². The molecular formula is C20H26F3NO2. The van der Waals surface area contributed by atoms with Crippen LogP contribution in [-0.2, 0) is 10.9 Å². The number of nitrogens with zero attached hydrogens (tertiary/aromatic N) is 1. The lowest BCUT2D eigenvalue weighted by molar-refractivity contribution is -0.137. The minimum absolute atomic E-state index is 0.0755. The Bertz CT molecular complexity index is 643. The van der Waals surface area contributed by atoms with Crippen molar-refractivity contribution >= 4 is 5.78 Å². The summed E-state index contributed by atoms with van der Waals surface area (Å²) in [5, 5.41) is 0.